The van der Waals surface area contributed by atoms with Crippen molar-refractivity contribution in [2.24, 2.45) is 0 Å². The first kappa shape index (κ1) is 16.0. The number of hydrogen-bond acceptors (Lipinski definition) is 2. The first-order valence-corrected chi connectivity index (χ1v) is 7.72. The number of nitrogens with one attached hydrogen (secondary N) is 2. The van der Waals surface area contributed by atoms with Crippen molar-refractivity contribution >= 4 is 11.7 Å². The van der Waals surface area contributed by atoms with Gasteiger partial charge >= 0.3 is 6.03 Å². The van der Waals surface area contributed by atoms with E-state index in [9.17, 15) is 4.79 Å². The lowest BCUT2D eigenvalue weighted by atomic mass is 10.0. The van der Waals surface area contributed by atoms with E-state index >= 15 is 0 Å². The number of hydrogen-bond donors (Lipinski definition) is 2. The van der Waals surface area contributed by atoms with Gasteiger partial charge in [-0.1, -0.05) is 38.1 Å². The first-order chi connectivity index (χ1) is 10.6. The number of urea groups is 1. The number of rotatable bonds is 5. The predicted octanol–water partition coefficient (Wildman–Crippen LogP) is 3.84. The lowest BCUT2D eigenvalue weighted by Gasteiger charge is -2.15. The van der Waals surface area contributed by atoms with Crippen LogP contribution in [-0.2, 0) is 19.4 Å². The van der Waals surface area contributed by atoms with E-state index in [1.165, 1.54) is 0 Å². The number of benzene rings is 1. The van der Waals surface area contributed by atoms with Crippen molar-refractivity contribution in [3.63, 3.8) is 0 Å². The van der Waals surface area contributed by atoms with Crippen molar-refractivity contribution in [2.75, 3.05) is 5.32 Å². The van der Waals surface area contributed by atoms with Crippen molar-refractivity contribution in [2.45, 2.75) is 40.2 Å². The molecule has 1 aromatic carbocycles. The maximum atomic E-state index is 12.2. The highest BCUT2D eigenvalue weighted by Crippen LogP contribution is 2.22. The van der Waals surface area contributed by atoms with Gasteiger partial charge in [0.2, 0.25) is 0 Å². The topological polar surface area (TPSA) is 54.0 Å². The van der Waals surface area contributed by atoms with E-state index in [0.29, 0.717) is 6.54 Å². The molecular formula is C18H23N3O. The van der Waals surface area contributed by atoms with Crippen LogP contribution < -0.4 is 10.6 Å². The molecule has 0 aliphatic heterocycles. The summed E-state index contributed by atoms with van der Waals surface area (Å²) in [7, 11) is 0. The molecule has 2 rings (SSSR count). The summed E-state index contributed by atoms with van der Waals surface area (Å²) in [6.07, 6.45) is 1.78. The molecule has 4 heteroatoms. The fourth-order valence-electron chi connectivity index (χ4n) is 2.43. The molecule has 22 heavy (non-hydrogen) atoms. The van der Waals surface area contributed by atoms with E-state index in [1.54, 1.807) is 0 Å². The van der Waals surface area contributed by atoms with Crippen LogP contribution in [-0.4, -0.2) is 11.0 Å². The molecule has 0 spiro atoms. The van der Waals surface area contributed by atoms with Crippen molar-refractivity contribution < 1.29 is 4.79 Å². The van der Waals surface area contributed by atoms with Gasteiger partial charge < -0.3 is 10.6 Å². The minimum Gasteiger partial charge on any atom is -0.332 e. The van der Waals surface area contributed by atoms with Gasteiger partial charge in [0.05, 0.1) is 12.2 Å². The maximum Gasteiger partial charge on any atom is 0.319 e. The molecule has 0 saturated carbocycles. The molecule has 0 unspecified atom stereocenters. The maximum absolute atomic E-state index is 12.2. The number of amides is 2. The minimum absolute atomic E-state index is 0.195. The number of carbonyl (C=O) groups is 1. The third-order valence-corrected chi connectivity index (χ3v) is 3.61. The van der Waals surface area contributed by atoms with Crippen molar-refractivity contribution in [3.05, 3.63) is 58.9 Å². The Hall–Kier alpha value is -2.36. The fourth-order valence-corrected chi connectivity index (χ4v) is 2.43. The molecule has 0 radical (unpaired) electrons. The second-order valence-electron chi connectivity index (χ2n) is 5.24. The van der Waals surface area contributed by atoms with Crippen LogP contribution in [0.4, 0.5) is 10.5 Å². The molecule has 0 aliphatic carbocycles. The smallest absolute Gasteiger partial charge is 0.319 e. The van der Waals surface area contributed by atoms with Crippen LogP contribution >= 0.6 is 0 Å². The molecule has 0 atom stereocenters. The Morgan fingerprint density at radius 2 is 1.68 bits per heavy atom. The summed E-state index contributed by atoms with van der Waals surface area (Å²) in [5, 5.41) is 5.85. The second-order valence-corrected chi connectivity index (χ2v) is 5.24. The van der Waals surface area contributed by atoms with Gasteiger partial charge in [-0.25, -0.2) is 4.79 Å². The van der Waals surface area contributed by atoms with Gasteiger partial charge in [0.1, 0.15) is 0 Å². The number of pyridine rings is 1. The highest BCUT2D eigenvalue weighted by Gasteiger charge is 2.09. The number of nitrogens with zero attached hydrogens (tertiary/aromatic N) is 1. The van der Waals surface area contributed by atoms with Crippen LogP contribution in [0.5, 0.6) is 0 Å². The SMILES string of the molecule is CCc1cccc(CC)c1NC(=O)NCc1cccc(C)n1. The lowest BCUT2D eigenvalue weighted by Crippen LogP contribution is -2.29. The Kier molecular flexibility index (Phi) is 5.53. The Morgan fingerprint density at radius 1 is 1.05 bits per heavy atom. The molecular weight excluding hydrogens is 274 g/mol. The first-order valence-electron chi connectivity index (χ1n) is 7.72. The van der Waals surface area contributed by atoms with E-state index < -0.39 is 0 Å². The summed E-state index contributed by atoms with van der Waals surface area (Å²) in [6.45, 7) is 6.54. The lowest BCUT2D eigenvalue weighted by molar-refractivity contribution is 0.251. The van der Waals surface area contributed by atoms with Crippen molar-refractivity contribution in [1.82, 2.24) is 10.3 Å². The zero-order chi connectivity index (χ0) is 15.9. The second kappa shape index (κ2) is 7.59. The molecule has 1 heterocycles. The molecule has 2 aromatic rings. The molecule has 0 fully saturated rings. The number of aryl methyl sites for hydroxylation is 3. The molecule has 1 aromatic heterocycles. The molecule has 116 valence electrons. The monoisotopic (exact) mass is 297 g/mol. The van der Waals surface area contributed by atoms with E-state index in [2.05, 4.69) is 41.6 Å². The normalized spacial score (nSPS) is 10.3. The summed E-state index contributed by atoms with van der Waals surface area (Å²) in [5.41, 5.74) is 5.05. The van der Waals surface area contributed by atoms with E-state index in [4.69, 9.17) is 0 Å². The van der Waals surface area contributed by atoms with Crippen LogP contribution in [0, 0.1) is 6.92 Å². The third-order valence-electron chi connectivity index (χ3n) is 3.61. The minimum atomic E-state index is -0.195. The summed E-state index contributed by atoms with van der Waals surface area (Å²) in [5.74, 6) is 0. The third kappa shape index (κ3) is 4.07. The Balaban J connectivity index is 2.03. The zero-order valence-corrected chi connectivity index (χ0v) is 13.4. The van der Waals surface area contributed by atoms with Gasteiger partial charge in [-0.05, 0) is 43.0 Å². The Bertz CT molecular complexity index is 630. The van der Waals surface area contributed by atoms with Crippen molar-refractivity contribution in [1.29, 1.82) is 0 Å². The number of aromatic nitrogens is 1. The Labute approximate surface area is 132 Å². The van der Waals surface area contributed by atoms with Crippen LogP contribution in [0.1, 0.15) is 36.4 Å². The van der Waals surface area contributed by atoms with Crippen LogP contribution in [0.15, 0.2) is 36.4 Å². The van der Waals surface area contributed by atoms with Crippen LogP contribution in [0.2, 0.25) is 0 Å². The van der Waals surface area contributed by atoms with Crippen molar-refractivity contribution in [3.8, 4) is 0 Å². The molecule has 0 bridgehead atoms. The zero-order valence-electron chi connectivity index (χ0n) is 13.4. The Morgan fingerprint density at radius 3 is 2.27 bits per heavy atom. The highest BCUT2D eigenvalue weighted by atomic mass is 16.2. The molecule has 0 saturated heterocycles. The molecule has 2 N–H and O–H groups in total. The van der Waals surface area contributed by atoms with Gasteiger partial charge in [0.25, 0.3) is 0 Å². The van der Waals surface area contributed by atoms with Gasteiger partial charge in [-0.2, -0.15) is 0 Å². The van der Waals surface area contributed by atoms with Gasteiger partial charge in [0.15, 0.2) is 0 Å². The van der Waals surface area contributed by atoms with Crippen LogP contribution in [0.25, 0.3) is 0 Å². The van der Waals surface area contributed by atoms with Crippen LogP contribution in [0.3, 0.4) is 0 Å². The van der Waals surface area contributed by atoms with Gasteiger partial charge in [0, 0.05) is 11.4 Å². The predicted molar refractivity (Wildman–Crippen MR) is 90.0 cm³/mol. The van der Waals surface area contributed by atoms with Gasteiger partial charge in [-0.15, -0.1) is 0 Å². The number of para-hydroxylation sites is 1. The largest absolute Gasteiger partial charge is 0.332 e. The summed E-state index contributed by atoms with van der Waals surface area (Å²) >= 11 is 0. The number of carbonyl (C=O) groups excluding carboxylic acids is 1. The molecule has 2 amide bonds. The molecule has 4 nitrogen and oxygen atoms in total. The summed E-state index contributed by atoms with van der Waals surface area (Å²) in [4.78, 5) is 16.5. The number of anilines is 1. The average molecular weight is 297 g/mol. The van der Waals surface area contributed by atoms with E-state index in [0.717, 1.165) is 41.0 Å². The summed E-state index contributed by atoms with van der Waals surface area (Å²) < 4.78 is 0. The standard InChI is InChI=1S/C18H23N3O/c1-4-14-9-7-10-15(5-2)17(14)21-18(22)19-12-16-11-6-8-13(3)20-16/h6-11H,4-5,12H2,1-3H3,(H2,19,21,22). The average Bonchev–Trinajstić information content (AvgIpc) is 2.53. The quantitative estimate of drug-likeness (QED) is 0.881. The fraction of sp³-hybridized carbons (Fsp3) is 0.333. The molecule has 0 aliphatic rings. The van der Waals surface area contributed by atoms with E-state index in [1.807, 2.05) is 31.2 Å². The van der Waals surface area contributed by atoms with Gasteiger partial charge in [-0.3, -0.25) is 4.98 Å². The summed E-state index contributed by atoms with van der Waals surface area (Å²) in [6, 6.07) is 11.7. The highest BCUT2D eigenvalue weighted by molar-refractivity contribution is 5.91. The van der Waals surface area contributed by atoms with E-state index in [-0.39, 0.29) is 6.03 Å².